The van der Waals surface area contributed by atoms with E-state index in [0.717, 1.165) is 5.92 Å². The lowest BCUT2D eigenvalue weighted by molar-refractivity contribution is 0.182. The third-order valence-corrected chi connectivity index (χ3v) is 3.65. The number of unbranched alkanes of at least 4 members (excludes halogenated alkanes) is 1. The van der Waals surface area contributed by atoms with Gasteiger partial charge in [-0.2, -0.15) is 0 Å². The Morgan fingerprint density at radius 3 is 2.53 bits per heavy atom. The average molecular weight is 233 g/mol. The molecular weight excluding hydrogens is 206 g/mol. The maximum absolute atomic E-state index is 3.87. The van der Waals surface area contributed by atoms with Crippen LogP contribution in [0.3, 0.4) is 0 Å². The molecule has 1 nitrogen and oxygen atoms in total. The first kappa shape index (κ1) is 14.2. The largest absolute Gasteiger partial charge is 0.303 e. The van der Waals surface area contributed by atoms with Gasteiger partial charge < -0.3 is 4.90 Å². The Hall–Kier alpha value is -0.820. The molecule has 0 saturated carbocycles. The van der Waals surface area contributed by atoms with Crippen LogP contribution in [0.25, 0.3) is 0 Å². The van der Waals surface area contributed by atoms with Crippen LogP contribution >= 0.6 is 0 Å². The Morgan fingerprint density at radius 2 is 2.00 bits per heavy atom. The summed E-state index contributed by atoms with van der Waals surface area (Å²) in [7, 11) is 0. The fraction of sp³-hybridized carbons (Fsp3) is 0.625. The maximum Gasteiger partial charge on any atom is -0.00160 e. The van der Waals surface area contributed by atoms with E-state index in [0.29, 0.717) is 0 Å². The highest BCUT2D eigenvalue weighted by atomic mass is 15.1. The van der Waals surface area contributed by atoms with Crippen molar-refractivity contribution in [3.05, 3.63) is 37.0 Å². The number of hydrogen-bond donors (Lipinski definition) is 0. The smallest absolute Gasteiger partial charge is 0.00160 e. The number of rotatable bonds is 7. The highest BCUT2D eigenvalue weighted by molar-refractivity contribution is 5.21. The molecule has 17 heavy (non-hydrogen) atoms. The van der Waals surface area contributed by atoms with Crippen molar-refractivity contribution in [1.29, 1.82) is 0 Å². The van der Waals surface area contributed by atoms with E-state index in [1.165, 1.54) is 57.3 Å². The molecule has 0 aliphatic carbocycles. The van der Waals surface area contributed by atoms with Crippen LogP contribution in [-0.4, -0.2) is 24.5 Å². The summed E-state index contributed by atoms with van der Waals surface area (Å²) in [5.74, 6) is 0.845. The molecule has 1 fully saturated rings. The molecule has 1 aliphatic heterocycles. The number of likely N-dealkylation sites (tertiary alicyclic amines) is 1. The Balaban J connectivity index is 2.29. The predicted molar refractivity (Wildman–Crippen MR) is 77.2 cm³/mol. The third-order valence-electron chi connectivity index (χ3n) is 3.65. The minimum absolute atomic E-state index is 0.845. The number of allylic oxidation sites excluding steroid dienone is 4. The molecule has 0 aromatic heterocycles. The molecule has 0 aromatic carbocycles. The van der Waals surface area contributed by atoms with Crippen LogP contribution in [0.5, 0.6) is 0 Å². The van der Waals surface area contributed by atoms with Crippen LogP contribution in [0.15, 0.2) is 37.0 Å². The van der Waals surface area contributed by atoms with Crippen molar-refractivity contribution in [1.82, 2.24) is 4.90 Å². The normalized spacial score (nSPS) is 19.2. The van der Waals surface area contributed by atoms with Gasteiger partial charge in [0.05, 0.1) is 0 Å². The van der Waals surface area contributed by atoms with Gasteiger partial charge in [-0.05, 0) is 56.8 Å². The first-order valence-electron chi connectivity index (χ1n) is 6.96. The molecule has 0 aromatic rings. The minimum atomic E-state index is 0.845. The van der Waals surface area contributed by atoms with Crippen molar-refractivity contribution >= 4 is 0 Å². The van der Waals surface area contributed by atoms with E-state index < -0.39 is 0 Å². The monoisotopic (exact) mass is 233 g/mol. The second-order valence-electron chi connectivity index (χ2n) is 5.02. The summed E-state index contributed by atoms with van der Waals surface area (Å²) in [6.07, 6.45) is 12.5. The Bertz CT molecular complexity index is 257. The standard InChI is InChI=1S/C16H27N/c1-4-7-11-17-12-9-16(10-13-17)14-15(6-3)8-5-2/h5-6,8,16H,2-4,7,9-14H2,1H3/b15-8+. The van der Waals surface area contributed by atoms with Crippen LogP contribution in [0.1, 0.15) is 39.0 Å². The maximum atomic E-state index is 3.87. The van der Waals surface area contributed by atoms with Crippen molar-refractivity contribution in [3.63, 3.8) is 0 Å². The summed E-state index contributed by atoms with van der Waals surface area (Å²) in [5.41, 5.74) is 1.34. The van der Waals surface area contributed by atoms with Gasteiger partial charge >= 0.3 is 0 Å². The Kier molecular flexibility index (Phi) is 6.95. The zero-order valence-electron chi connectivity index (χ0n) is 11.3. The number of piperidine rings is 1. The number of hydrogen-bond acceptors (Lipinski definition) is 1. The topological polar surface area (TPSA) is 3.24 Å². The first-order chi connectivity index (χ1) is 8.30. The van der Waals surface area contributed by atoms with Crippen molar-refractivity contribution in [3.8, 4) is 0 Å². The van der Waals surface area contributed by atoms with E-state index >= 15 is 0 Å². The summed E-state index contributed by atoms with van der Waals surface area (Å²) in [6, 6.07) is 0. The molecule has 1 heterocycles. The van der Waals surface area contributed by atoms with E-state index in [9.17, 15) is 0 Å². The highest BCUT2D eigenvalue weighted by Gasteiger charge is 2.18. The van der Waals surface area contributed by atoms with Gasteiger partial charge in [0.2, 0.25) is 0 Å². The van der Waals surface area contributed by atoms with Gasteiger partial charge in [0.25, 0.3) is 0 Å². The van der Waals surface area contributed by atoms with Crippen molar-refractivity contribution in [2.24, 2.45) is 5.92 Å². The quantitative estimate of drug-likeness (QED) is 0.596. The van der Waals surface area contributed by atoms with E-state index in [2.05, 4.69) is 31.1 Å². The fourth-order valence-corrected chi connectivity index (χ4v) is 2.50. The molecule has 0 radical (unpaired) electrons. The molecule has 1 heteroatoms. The first-order valence-corrected chi connectivity index (χ1v) is 6.96. The predicted octanol–water partition coefficient (Wildman–Crippen LogP) is 4.19. The summed E-state index contributed by atoms with van der Waals surface area (Å²) in [5, 5.41) is 0. The van der Waals surface area contributed by atoms with Crippen LogP contribution in [0.4, 0.5) is 0 Å². The average Bonchev–Trinajstić information content (AvgIpc) is 2.37. The molecular formula is C16H27N. The highest BCUT2D eigenvalue weighted by Crippen LogP contribution is 2.24. The molecule has 1 rings (SSSR count). The van der Waals surface area contributed by atoms with Gasteiger partial charge in [-0.25, -0.2) is 0 Å². The molecule has 0 atom stereocenters. The van der Waals surface area contributed by atoms with Crippen LogP contribution in [0.2, 0.25) is 0 Å². The van der Waals surface area contributed by atoms with Gasteiger partial charge in [0.1, 0.15) is 0 Å². The molecule has 0 N–H and O–H groups in total. The van der Waals surface area contributed by atoms with Gasteiger partial charge in [-0.1, -0.05) is 44.7 Å². The summed E-state index contributed by atoms with van der Waals surface area (Å²) >= 11 is 0. The van der Waals surface area contributed by atoms with Gasteiger partial charge in [-0.3, -0.25) is 0 Å². The Morgan fingerprint density at radius 1 is 1.29 bits per heavy atom. The lowest BCUT2D eigenvalue weighted by atomic mass is 9.90. The minimum Gasteiger partial charge on any atom is -0.303 e. The van der Waals surface area contributed by atoms with E-state index in [1.54, 1.807) is 0 Å². The molecule has 0 unspecified atom stereocenters. The molecule has 0 bridgehead atoms. The second kappa shape index (κ2) is 8.30. The van der Waals surface area contributed by atoms with Crippen molar-refractivity contribution < 1.29 is 0 Å². The van der Waals surface area contributed by atoms with E-state index in [4.69, 9.17) is 0 Å². The lowest BCUT2D eigenvalue weighted by Crippen LogP contribution is -2.34. The SMILES string of the molecule is C=C/C=C(\C=C)CC1CCN(CCCC)CC1. The van der Waals surface area contributed by atoms with Crippen LogP contribution in [-0.2, 0) is 0 Å². The second-order valence-corrected chi connectivity index (χ2v) is 5.02. The lowest BCUT2D eigenvalue weighted by Gasteiger charge is -2.32. The third kappa shape index (κ3) is 5.36. The van der Waals surface area contributed by atoms with Crippen molar-refractivity contribution in [2.75, 3.05) is 19.6 Å². The van der Waals surface area contributed by atoms with E-state index in [-0.39, 0.29) is 0 Å². The molecule has 96 valence electrons. The molecule has 1 saturated heterocycles. The van der Waals surface area contributed by atoms with Crippen LogP contribution < -0.4 is 0 Å². The van der Waals surface area contributed by atoms with E-state index in [1.807, 2.05) is 12.2 Å². The van der Waals surface area contributed by atoms with Gasteiger partial charge in [-0.15, -0.1) is 0 Å². The fourth-order valence-electron chi connectivity index (χ4n) is 2.50. The van der Waals surface area contributed by atoms with Crippen molar-refractivity contribution in [2.45, 2.75) is 39.0 Å². The molecule has 1 aliphatic rings. The summed E-state index contributed by atoms with van der Waals surface area (Å²) in [6.45, 7) is 13.7. The summed E-state index contributed by atoms with van der Waals surface area (Å²) in [4.78, 5) is 2.62. The molecule has 0 amide bonds. The summed E-state index contributed by atoms with van der Waals surface area (Å²) < 4.78 is 0. The van der Waals surface area contributed by atoms with Crippen LogP contribution in [0, 0.1) is 5.92 Å². The zero-order valence-corrected chi connectivity index (χ0v) is 11.3. The zero-order chi connectivity index (χ0) is 12.5. The van der Waals surface area contributed by atoms with Gasteiger partial charge in [0.15, 0.2) is 0 Å². The van der Waals surface area contributed by atoms with Gasteiger partial charge in [0, 0.05) is 0 Å². The molecule has 0 spiro atoms. The Labute approximate surface area is 107 Å². The number of nitrogens with zero attached hydrogens (tertiary/aromatic N) is 1.